The molecule has 0 spiro atoms. The van der Waals surface area contributed by atoms with Crippen LogP contribution in [0, 0.1) is 17.8 Å². The van der Waals surface area contributed by atoms with Gasteiger partial charge in [-0.2, -0.15) is 18.3 Å². The van der Waals surface area contributed by atoms with Crippen LogP contribution < -0.4 is 20.8 Å². The highest BCUT2D eigenvalue weighted by atomic mass is 32.2. The zero-order valence-electron chi connectivity index (χ0n) is 20.2. The van der Waals surface area contributed by atoms with Crippen molar-refractivity contribution in [1.82, 2.24) is 15.7 Å². The van der Waals surface area contributed by atoms with Crippen molar-refractivity contribution in [2.75, 3.05) is 31.9 Å². The Morgan fingerprint density at radius 2 is 2.08 bits per heavy atom. The molecule has 1 aliphatic carbocycles. The SMILES string of the molecule is C=NNC(C#CC1CC1)SCNc1cnc(C(O)CCNC)cc1-c1cc(C(F)(F)F)ccc1OC. The zero-order valence-corrected chi connectivity index (χ0v) is 21.0. The average molecular weight is 522 g/mol. The summed E-state index contributed by atoms with van der Waals surface area (Å²) in [6, 6.07) is 4.91. The standard InChI is InChI=1S/C25H30F3N5O2S/c1-29-11-10-22(34)20-13-18(19-12-17(25(26,27)28)7-8-23(19)35-3)21(14-31-20)32-15-36-24(33-30-2)9-6-16-4-5-16/h7-8,12-14,16,22,24,29,32-34H,2,4-5,10-11,15H2,1,3H3. The highest BCUT2D eigenvalue weighted by molar-refractivity contribution is 8.00. The monoisotopic (exact) mass is 521 g/mol. The van der Waals surface area contributed by atoms with E-state index in [0.29, 0.717) is 41.7 Å². The number of ether oxygens (including phenoxy) is 1. The molecule has 1 saturated carbocycles. The molecule has 0 bridgehead atoms. The number of hydrogen-bond donors (Lipinski definition) is 4. The van der Waals surface area contributed by atoms with Crippen LogP contribution in [0.2, 0.25) is 0 Å². The minimum absolute atomic E-state index is 0.236. The molecule has 1 aliphatic rings. The van der Waals surface area contributed by atoms with E-state index in [-0.39, 0.29) is 16.7 Å². The molecule has 4 N–H and O–H groups in total. The van der Waals surface area contributed by atoms with Gasteiger partial charge in [0.2, 0.25) is 0 Å². The van der Waals surface area contributed by atoms with E-state index in [0.717, 1.165) is 25.0 Å². The molecule has 194 valence electrons. The highest BCUT2D eigenvalue weighted by Crippen LogP contribution is 2.40. The quantitative estimate of drug-likeness (QED) is 0.142. The van der Waals surface area contributed by atoms with Gasteiger partial charge in [0.1, 0.15) is 5.75 Å². The smallest absolute Gasteiger partial charge is 0.416 e. The summed E-state index contributed by atoms with van der Waals surface area (Å²) < 4.78 is 45.9. The number of aromatic nitrogens is 1. The lowest BCUT2D eigenvalue weighted by molar-refractivity contribution is -0.137. The summed E-state index contributed by atoms with van der Waals surface area (Å²) in [6.07, 6.45) is -1.30. The van der Waals surface area contributed by atoms with Crippen molar-refractivity contribution in [1.29, 1.82) is 0 Å². The van der Waals surface area contributed by atoms with Gasteiger partial charge in [0, 0.05) is 23.8 Å². The van der Waals surface area contributed by atoms with Crippen molar-refractivity contribution in [2.24, 2.45) is 11.0 Å². The van der Waals surface area contributed by atoms with Gasteiger partial charge >= 0.3 is 6.18 Å². The molecule has 1 aromatic heterocycles. The van der Waals surface area contributed by atoms with E-state index in [2.05, 4.69) is 44.7 Å². The molecule has 1 fully saturated rings. The fraction of sp³-hybridized carbons (Fsp3) is 0.440. The number of rotatable bonds is 12. The first kappa shape index (κ1) is 27.6. The van der Waals surface area contributed by atoms with Gasteiger partial charge in [-0.1, -0.05) is 11.8 Å². The number of alkyl halides is 3. The Morgan fingerprint density at radius 1 is 1.31 bits per heavy atom. The number of nitrogens with zero attached hydrogens (tertiary/aromatic N) is 2. The second-order valence-corrected chi connectivity index (χ2v) is 9.29. The maximum absolute atomic E-state index is 13.5. The normalized spacial score (nSPS) is 14.8. The summed E-state index contributed by atoms with van der Waals surface area (Å²) in [4.78, 5) is 4.36. The molecule has 11 heteroatoms. The first-order valence-electron chi connectivity index (χ1n) is 11.4. The van der Waals surface area contributed by atoms with Gasteiger partial charge in [-0.15, -0.1) is 11.8 Å². The molecule has 2 aromatic rings. The lowest BCUT2D eigenvalue weighted by Gasteiger charge is -2.19. The summed E-state index contributed by atoms with van der Waals surface area (Å²) in [5.41, 5.74) is 3.56. The Morgan fingerprint density at radius 3 is 2.72 bits per heavy atom. The highest BCUT2D eigenvalue weighted by Gasteiger charge is 2.31. The molecule has 3 rings (SSSR count). The second-order valence-electron chi connectivity index (χ2n) is 8.19. The van der Waals surface area contributed by atoms with Crippen molar-refractivity contribution in [3.63, 3.8) is 0 Å². The predicted molar refractivity (Wildman–Crippen MR) is 138 cm³/mol. The van der Waals surface area contributed by atoms with Crippen LogP contribution in [0.3, 0.4) is 0 Å². The maximum atomic E-state index is 13.5. The summed E-state index contributed by atoms with van der Waals surface area (Å²) in [6.45, 7) is 4.00. The van der Waals surface area contributed by atoms with Crippen LogP contribution in [0.1, 0.15) is 36.6 Å². The topological polar surface area (TPSA) is 90.8 Å². The molecule has 0 radical (unpaired) electrons. The first-order valence-corrected chi connectivity index (χ1v) is 12.5. The minimum Gasteiger partial charge on any atom is -0.496 e. The van der Waals surface area contributed by atoms with Crippen LogP contribution in [-0.4, -0.2) is 48.8 Å². The Balaban J connectivity index is 1.93. The number of anilines is 1. The van der Waals surface area contributed by atoms with Crippen LogP contribution in [0.5, 0.6) is 5.75 Å². The number of pyridine rings is 1. The van der Waals surface area contributed by atoms with E-state index in [9.17, 15) is 18.3 Å². The number of methoxy groups -OCH3 is 1. The second kappa shape index (κ2) is 12.9. The third-order valence-corrected chi connectivity index (χ3v) is 6.34. The predicted octanol–water partition coefficient (Wildman–Crippen LogP) is 4.47. The van der Waals surface area contributed by atoms with Crippen LogP contribution in [0.25, 0.3) is 11.1 Å². The molecular weight excluding hydrogens is 491 g/mol. The number of thioether (sulfide) groups is 1. The van der Waals surface area contributed by atoms with Gasteiger partial charge < -0.3 is 20.5 Å². The fourth-order valence-corrected chi connectivity index (χ4v) is 4.07. The number of nitrogens with one attached hydrogen (secondary N) is 3. The average Bonchev–Trinajstić information content (AvgIpc) is 3.69. The van der Waals surface area contributed by atoms with Gasteiger partial charge in [0.05, 0.1) is 42.2 Å². The summed E-state index contributed by atoms with van der Waals surface area (Å²) in [5.74, 6) is 7.38. The number of halogens is 3. The zero-order chi connectivity index (χ0) is 26.1. The van der Waals surface area contributed by atoms with Crippen molar-refractivity contribution in [3.05, 3.63) is 41.7 Å². The number of hydrazone groups is 1. The van der Waals surface area contributed by atoms with Crippen LogP contribution in [0.15, 0.2) is 35.6 Å². The van der Waals surface area contributed by atoms with Crippen molar-refractivity contribution in [3.8, 4) is 28.7 Å². The molecule has 0 amide bonds. The van der Waals surface area contributed by atoms with E-state index >= 15 is 0 Å². The molecule has 0 aliphatic heterocycles. The third-order valence-electron chi connectivity index (χ3n) is 5.47. The third kappa shape index (κ3) is 7.78. The molecule has 1 aromatic carbocycles. The number of aliphatic hydroxyl groups excluding tert-OH is 1. The fourth-order valence-electron chi connectivity index (χ4n) is 3.36. The molecule has 0 saturated heterocycles. The molecule has 7 nitrogen and oxygen atoms in total. The number of hydrogen-bond acceptors (Lipinski definition) is 8. The largest absolute Gasteiger partial charge is 0.496 e. The van der Waals surface area contributed by atoms with Crippen LogP contribution >= 0.6 is 11.8 Å². The molecule has 2 atom stereocenters. The summed E-state index contributed by atoms with van der Waals surface area (Å²) >= 11 is 1.43. The van der Waals surface area contributed by atoms with E-state index in [1.165, 1.54) is 31.1 Å². The van der Waals surface area contributed by atoms with Crippen molar-refractivity contribution < 1.29 is 23.0 Å². The van der Waals surface area contributed by atoms with Gasteiger partial charge in [0.25, 0.3) is 0 Å². The Labute approximate surface area is 213 Å². The molecule has 1 heterocycles. The van der Waals surface area contributed by atoms with Gasteiger partial charge in [0.15, 0.2) is 5.37 Å². The van der Waals surface area contributed by atoms with Gasteiger partial charge in [-0.3, -0.25) is 10.4 Å². The van der Waals surface area contributed by atoms with Crippen LogP contribution in [0.4, 0.5) is 18.9 Å². The number of aliphatic hydroxyl groups is 1. The van der Waals surface area contributed by atoms with E-state index in [1.807, 2.05) is 0 Å². The molecule has 36 heavy (non-hydrogen) atoms. The lowest BCUT2D eigenvalue weighted by atomic mass is 9.98. The minimum atomic E-state index is -4.52. The Bertz CT molecular complexity index is 1100. The van der Waals surface area contributed by atoms with Crippen molar-refractivity contribution >= 4 is 24.2 Å². The Kier molecular flexibility index (Phi) is 9.87. The summed E-state index contributed by atoms with van der Waals surface area (Å²) in [5, 5.41) is 20.2. The van der Waals surface area contributed by atoms with Gasteiger partial charge in [-0.05, 0) is 57.1 Å². The lowest BCUT2D eigenvalue weighted by Crippen LogP contribution is -2.20. The van der Waals surface area contributed by atoms with Crippen LogP contribution in [-0.2, 0) is 6.18 Å². The van der Waals surface area contributed by atoms with Crippen molar-refractivity contribution in [2.45, 2.75) is 36.9 Å². The van der Waals surface area contributed by atoms with E-state index in [4.69, 9.17) is 4.74 Å². The van der Waals surface area contributed by atoms with E-state index in [1.54, 1.807) is 13.1 Å². The summed E-state index contributed by atoms with van der Waals surface area (Å²) in [7, 11) is 3.17. The number of benzene rings is 1. The van der Waals surface area contributed by atoms with Gasteiger partial charge in [-0.25, -0.2) is 0 Å². The Hall–Kier alpha value is -2.94. The first-order chi connectivity index (χ1) is 17.3. The maximum Gasteiger partial charge on any atom is 0.416 e. The molecular formula is C25H30F3N5O2S. The van der Waals surface area contributed by atoms with E-state index < -0.39 is 17.8 Å². The molecule has 2 unspecified atom stereocenters.